The number of nitrogens with zero attached hydrogens (tertiary/aromatic N) is 1. The average Bonchev–Trinajstić information content (AvgIpc) is 2.28. The van der Waals surface area contributed by atoms with Crippen LogP contribution in [0.4, 0.5) is 0 Å². The highest BCUT2D eigenvalue weighted by Gasteiger charge is 2.16. The lowest BCUT2D eigenvalue weighted by Gasteiger charge is -2.30. The Bertz CT molecular complexity index is 329. The van der Waals surface area contributed by atoms with Crippen LogP contribution in [0, 0.1) is 12.8 Å². The third-order valence-electron chi connectivity index (χ3n) is 3.65. The first-order valence-corrected chi connectivity index (χ1v) is 6.44. The monoisotopic (exact) mass is 234 g/mol. The van der Waals surface area contributed by atoms with Crippen LogP contribution in [0.25, 0.3) is 0 Å². The number of hydrogen-bond donors (Lipinski definition) is 1. The van der Waals surface area contributed by atoms with Crippen LogP contribution in [0.5, 0.6) is 0 Å². The second kappa shape index (κ2) is 6.18. The maximum Gasteiger partial charge on any atom is 0.0424 e. The molecule has 17 heavy (non-hydrogen) atoms. The Morgan fingerprint density at radius 2 is 1.65 bits per heavy atom. The van der Waals surface area contributed by atoms with Crippen molar-refractivity contribution in [3.8, 4) is 0 Å². The molecule has 0 saturated heterocycles. The van der Waals surface area contributed by atoms with Crippen LogP contribution >= 0.6 is 0 Å². The van der Waals surface area contributed by atoms with Crippen molar-refractivity contribution in [1.29, 1.82) is 0 Å². The fourth-order valence-electron chi connectivity index (χ4n) is 1.90. The van der Waals surface area contributed by atoms with Crippen molar-refractivity contribution in [3.05, 3.63) is 35.4 Å². The van der Waals surface area contributed by atoms with E-state index in [1.54, 1.807) is 0 Å². The number of benzene rings is 1. The Labute approximate surface area is 106 Å². The molecule has 2 atom stereocenters. The van der Waals surface area contributed by atoms with Crippen LogP contribution in [0.1, 0.15) is 37.9 Å². The maximum atomic E-state index is 6.24. The van der Waals surface area contributed by atoms with Gasteiger partial charge in [-0.05, 0) is 32.4 Å². The molecule has 0 spiro atoms. The van der Waals surface area contributed by atoms with E-state index in [0.29, 0.717) is 12.0 Å². The van der Waals surface area contributed by atoms with Crippen molar-refractivity contribution in [2.45, 2.75) is 39.8 Å². The smallest absolute Gasteiger partial charge is 0.0424 e. The van der Waals surface area contributed by atoms with Crippen molar-refractivity contribution in [2.24, 2.45) is 11.7 Å². The summed E-state index contributed by atoms with van der Waals surface area (Å²) in [6.07, 6.45) is 0. The highest BCUT2D eigenvalue weighted by molar-refractivity contribution is 5.24. The molecule has 0 bridgehead atoms. The fraction of sp³-hybridized carbons (Fsp3) is 0.600. The third-order valence-corrected chi connectivity index (χ3v) is 3.65. The molecule has 0 aliphatic carbocycles. The van der Waals surface area contributed by atoms with Gasteiger partial charge in [0.2, 0.25) is 0 Å². The van der Waals surface area contributed by atoms with Gasteiger partial charge in [-0.25, -0.2) is 0 Å². The first-order chi connectivity index (χ1) is 7.91. The summed E-state index contributed by atoms with van der Waals surface area (Å²) in [7, 11) is 2.15. The fourth-order valence-corrected chi connectivity index (χ4v) is 1.90. The van der Waals surface area contributed by atoms with E-state index in [4.69, 9.17) is 5.73 Å². The zero-order chi connectivity index (χ0) is 13.0. The molecular weight excluding hydrogens is 208 g/mol. The molecule has 0 aliphatic heterocycles. The predicted molar refractivity (Wildman–Crippen MR) is 75.0 cm³/mol. The normalized spacial score (nSPS) is 15.3. The summed E-state index contributed by atoms with van der Waals surface area (Å²) in [5.74, 6) is 0.658. The standard InChI is InChI=1S/C15H26N2/c1-11(2)13(4)17(5)10-15(16)14-8-6-12(3)7-9-14/h6-9,11,13,15H,10,16H2,1-5H3. The van der Waals surface area contributed by atoms with Gasteiger partial charge in [-0.3, -0.25) is 0 Å². The van der Waals surface area contributed by atoms with Crippen LogP contribution in [0.2, 0.25) is 0 Å². The second-order valence-corrected chi connectivity index (χ2v) is 5.44. The molecule has 2 unspecified atom stereocenters. The largest absolute Gasteiger partial charge is 0.323 e. The second-order valence-electron chi connectivity index (χ2n) is 5.44. The minimum absolute atomic E-state index is 0.0989. The van der Waals surface area contributed by atoms with E-state index in [1.807, 2.05) is 0 Å². The molecule has 2 N–H and O–H groups in total. The van der Waals surface area contributed by atoms with E-state index in [-0.39, 0.29) is 6.04 Å². The molecule has 0 heterocycles. The average molecular weight is 234 g/mol. The topological polar surface area (TPSA) is 29.3 Å². The Morgan fingerprint density at radius 3 is 2.12 bits per heavy atom. The number of likely N-dealkylation sites (N-methyl/N-ethyl adjacent to an activating group) is 1. The molecular formula is C15H26N2. The van der Waals surface area contributed by atoms with Crippen molar-refractivity contribution >= 4 is 0 Å². The van der Waals surface area contributed by atoms with E-state index in [9.17, 15) is 0 Å². The lowest BCUT2D eigenvalue weighted by atomic mass is 10.0. The summed E-state index contributed by atoms with van der Waals surface area (Å²) >= 11 is 0. The van der Waals surface area contributed by atoms with Crippen LogP contribution in [-0.2, 0) is 0 Å². The zero-order valence-electron chi connectivity index (χ0n) is 11.8. The van der Waals surface area contributed by atoms with Crippen LogP contribution in [0.3, 0.4) is 0 Å². The molecule has 0 aliphatic rings. The van der Waals surface area contributed by atoms with Crippen molar-refractivity contribution in [1.82, 2.24) is 4.90 Å². The van der Waals surface area contributed by atoms with Gasteiger partial charge in [0.05, 0.1) is 0 Å². The van der Waals surface area contributed by atoms with Crippen LogP contribution in [0.15, 0.2) is 24.3 Å². The highest BCUT2D eigenvalue weighted by Crippen LogP contribution is 2.15. The summed E-state index contributed by atoms with van der Waals surface area (Å²) in [6, 6.07) is 9.18. The van der Waals surface area contributed by atoms with E-state index in [1.165, 1.54) is 11.1 Å². The molecule has 2 nitrogen and oxygen atoms in total. The molecule has 0 fully saturated rings. The van der Waals surface area contributed by atoms with E-state index in [0.717, 1.165) is 6.54 Å². The minimum Gasteiger partial charge on any atom is -0.323 e. The first kappa shape index (κ1) is 14.2. The van der Waals surface area contributed by atoms with E-state index >= 15 is 0 Å². The quantitative estimate of drug-likeness (QED) is 0.848. The summed E-state index contributed by atoms with van der Waals surface area (Å²) < 4.78 is 0. The summed E-state index contributed by atoms with van der Waals surface area (Å²) in [6.45, 7) is 9.76. The first-order valence-electron chi connectivity index (χ1n) is 6.44. The van der Waals surface area contributed by atoms with Gasteiger partial charge in [-0.15, -0.1) is 0 Å². The van der Waals surface area contributed by atoms with E-state index in [2.05, 4.69) is 63.9 Å². The van der Waals surface area contributed by atoms with Crippen LogP contribution in [-0.4, -0.2) is 24.5 Å². The molecule has 96 valence electrons. The van der Waals surface area contributed by atoms with Crippen molar-refractivity contribution in [2.75, 3.05) is 13.6 Å². The number of nitrogens with two attached hydrogens (primary N) is 1. The third kappa shape index (κ3) is 4.14. The lowest BCUT2D eigenvalue weighted by Crippen LogP contribution is -2.38. The van der Waals surface area contributed by atoms with E-state index < -0.39 is 0 Å². The van der Waals surface area contributed by atoms with Crippen molar-refractivity contribution < 1.29 is 0 Å². The van der Waals surface area contributed by atoms with Crippen LogP contribution < -0.4 is 5.73 Å². The Kier molecular flexibility index (Phi) is 5.16. The molecule has 1 aromatic rings. The van der Waals surface area contributed by atoms with Gasteiger partial charge in [0.15, 0.2) is 0 Å². The lowest BCUT2D eigenvalue weighted by molar-refractivity contribution is 0.197. The maximum absolute atomic E-state index is 6.24. The Balaban J connectivity index is 2.60. The zero-order valence-corrected chi connectivity index (χ0v) is 11.8. The highest BCUT2D eigenvalue weighted by atomic mass is 15.1. The molecule has 0 saturated carbocycles. The molecule has 1 aromatic carbocycles. The molecule has 0 radical (unpaired) electrons. The molecule has 2 heteroatoms. The molecule has 0 amide bonds. The summed E-state index contributed by atoms with van der Waals surface area (Å²) in [4.78, 5) is 2.34. The van der Waals surface area contributed by atoms with Gasteiger partial charge in [0, 0.05) is 18.6 Å². The van der Waals surface area contributed by atoms with Gasteiger partial charge in [-0.2, -0.15) is 0 Å². The number of hydrogen-bond acceptors (Lipinski definition) is 2. The van der Waals surface area contributed by atoms with Gasteiger partial charge >= 0.3 is 0 Å². The number of aryl methyl sites for hydroxylation is 1. The van der Waals surface area contributed by atoms with Gasteiger partial charge in [-0.1, -0.05) is 43.7 Å². The molecule has 0 aromatic heterocycles. The summed E-state index contributed by atoms with van der Waals surface area (Å²) in [5, 5.41) is 0. The van der Waals surface area contributed by atoms with Gasteiger partial charge < -0.3 is 10.6 Å². The predicted octanol–water partition coefficient (Wildman–Crippen LogP) is 2.97. The number of rotatable bonds is 5. The molecule has 1 rings (SSSR count). The van der Waals surface area contributed by atoms with Crippen molar-refractivity contribution in [3.63, 3.8) is 0 Å². The Morgan fingerprint density at radius 1 is 1.12 bits per heavy atom. The Hall–Kier alpha value is -0.860. The van der Waals surface area contributed by atoms with Gasteiger partial charge in [0.1, 0.15) is 0 Å². The minimum atomic E-state index is 0.0989. The summed E-state index contributed by atoms with van der Waals surface area (Å²) in [5.41, 5.74) is 8.75. The SMILES string of the molecule is Cc1ccc(C(N)CN(C)C(C)C(C)C)cc1. The van der Waals surface area contributed by atoms with Gasteiger partial charge in [0.25, 0.3) is 0 Å².